The minimum atomic E-state index is -5.36. The minimum Gasteiger partial charge on any atom is -0.492 e. The normalized spacial score (nSPS) is 11.8. The van der Waals surface area contributed by atoms with Crippen LogP contribution in [0.1, 0.15) is 28.4 Å². The number of halogens is 4. The number of carbonyl (C=O) groups is 3. The van der Waals surface area contributed by atoms with Gasteiger partial charge in [0.05, 0.1) is 19.0 Å². The van der Waals surface area contributed by atoms with E-state index in [0.717, 1.165) is 5.56 Å². The number of benzene rings is 3. The van der Waals surface area contributed by atoms with Gasteiger partial charge in [-0.2, -0.15) is 13.2 Å². The van der Waals surface area contributed by atoms with Crippen molar-refractivity contribution in [3.63, 3.8) is 0 Å². The van der Waals surface area contributed by atoms with E-state index in [1.165, 1.54) is 18.2 Å². The molecule has 0 fully saturated rings. The molecule has 0 saturated heterocycles. The molecule has 0 spiro atoms. The standard InChI is InChI=1S/C31H25ClF3N3O5/c32-25-18-22(11-14-24(25)20-6-2-1-3-7-20)26(19-28(39)43-30(41)31(33,34)35)37-29(40)21-9-12-23(13-10-21)42-17-16-38-15-5-4-8-27(38)36/h1-15,18,26,36H,16-17,19H2,(H,37,40). The average molecular weight is 612 g/mol. The van der Waals surface area contributed by atoms with Crippen molar-refractivity contribution >= 4 is 29.4 Å². The third kappa shape index (κ3) is 8.55. The molecule has 1 unspecified atom stereocenters. The maximum atomic E-state index is 13.1. The van der Waals surface area contributed by atoms with Crippen molar-refractivity contribution in [3.05, 3.63) is 119 Å². The van der Waals surface area contributed by atoms with Crippen LogP contribution in [0, 0.1) is 5.41 Å². The smallest absolute Gasteiger partial charge is 0.491 e. The number of pyridine rings is 1. The molecule has 0 aliphatic heterocycles. The highest BCUT2D eigenvalue weighted by Crippen LogP contribution is 2.31. The number of hydrogen-bond donors (Lipinski definition) is 2. The van der Waals surface area contributed by atoms with E-state index in [1.807, 2.05) is 30.3 Å². The quantitative estimate of drug-likeness (QED) is 0.172. The lowest BCUT2D eigenvalue weighted by Crippen LogP contribution is -2.33. The second-order valence-corrected chi connectivity index (χ2v) is 9.65. The summed E-state index contributed by atoms with van der Waals surface area (Å²) in [6.07, 6.45) is -4.38. The first-order valence-corrected chi connectivity index (χ1v) is 13.3. The topological polar surface area (TPSA) is 110 Å². The van der Waals surface area contributed by atoms with Crippen molar-refractivity contribution in [1.29, 1.82) is 5.41 Å². The number of aromatic nitrogens is 1. The third-order valence-electron chi connectivity index (χ3n) is 6.25. The number of alkyl halides is 3. The molecule has 0 aliphatic carbocycles. The van der Waals surface area contributed by atoms with E-state index in [4.69, 9.17) is 21.7 Å². The molecule has 222 valence electrons. The molecule has 4 aromatic rings. The highest BCUT2D eigenvalue weighted by atomic mass is 35.5. The average Bonchev–Trinajstić information content (AvgIpc) is 2.98. The molecular weight excluding hydrogens is 587 g/mol. The predicted molar refractivity (Wildman–Crippen MR) is 151 cm³/mol. The highest BCUT2D eigenvalue weighted by Gasteiger charge is 2.42. The molecule has 0 aliphatic rings. The summed E-state index contributed by atoms with van der Waals surface area (Å²) in [6, 6.07) is 24.0. The molecule has 1 atom stereocenters. The van der Waals surface area contributed by atoms with Crippen molar-refractivity contribution in [2.75, 3.05) is 6.61 Å². The van der Waals surface area contributed by atoms with Crippen molar-refractivity contribution in [2.24, 2.45) is 0 Å². The molecule has 8 nitrogen and oxygen atoms in total. The number of nitrogens with zero attached hydrogens (tertiary/aromatic N) is 1. The van der Waals surface area contributed by atoms with E-state index >= 15 is 0 Å². The van der Waals surface area contributed by atoms with Crippen LogP contribution in [0.4, 0.5) is 13.2 Å². The fraction of sp³-hybridized carbons (Fsp3) is 0.161. The van der Waals surface area contributed by atoms with Gasteiger partial charge >= 0.3 is 18.1 Å². The fourth-order valence-electron chi connectivity index (χ4n) is 4.10. The third-order valence-corrected chi connectivity index (χ3v) is 6.57. The number of nitrogens with one attached hydrogen (secondary N) is 2. The van der Waals surface area contributed by atoms with Gasteiger partial charge in [-0.15, -0.1) is 0 Å². The number of ether oxygens (including phenoxy) is 2. The first-order chi connectivity index (χ1) is 20.5. The van der Waals surface area contributed by atoms with Gasteiger partial charge in [-0.05, 0) is 53.6 Å². The predicted octanol–water partition coefficient (Wildman–Crippen LogP) is 5.86. The Bertz CT molecular complexity index is 1660. The van der Waals surface area contributed by atoms with Crippen molar-refractivity contribution in [1.82, 2.24) is 9.88 Å². The van der Waals surface area contributed by atoms with Crippen LogP contribution < -0.4 is 15.5 Å². The maximum absolute atomic E-state index is 13.1. The second-order valence-electron chi connectivity index (χ2n) is 9.25. The van der Waals surface area contributed by atoms with E-state index in [-0.39, 0.29) is 17.2 Å². The van der Waals surface area contributed by atoms with Crippen LogP contribution in [-0.4, -0.2) is 35.2 Å². The second kappa shape index (κ2) is 13.8. The van der Waals surface area contributed by atoms with E-state index in [9.17, 15) is 27.6 Å². The summed E-state index contributed by atoms with van der Waals surface area (Å²) >= 11 is 6.49. The van der Waals surface area contributed by atoms with Gasteiger partial charge in [0.15, 0.2) is 0 Å². The lowest BCUT2D eigenvalue weighted by molar-refractivity contribution is -0.202. The Morgan fingerprint density at radius 3 is 2.28 bits per heavy atom. The van der Waals surface area contributed by atoms with E-state index in [2.05, 4.69) is 10.1 Å². The molecule has 12 heteroatoms. The number of hydrogen-bond acceptors (Lipinski definition) is 6. The summed E-state index contributed by atoms with van der Waals surface area (Å²) in [5.74, 6) is -4.31. The highest BCUT2D eigenvalue weighted by molar-refractivity contribution is 6.33. The zero-order chi connectivity index (χ0) is 31.0. The molecular formula is C31H25ClF3N3O5. The van der Waals surface area contributed by atoms with E-state index < -0.39 is 36.5 Å². The lowest BCUT2D eigenvalue weighted by atomic mass is 9.98. The largest absolute Gasteiger partial charge is 0.492 e. The molecule has 0 bridgehead atoms. The summed E-state index contributed by atoms with van der Waals surface area (Å²) in [6.45, 7) is 0.703. The number of carbonyl (C=O) groups excluding carboxylic acids is 3. The zero-order valence-electron chi connectivity index (χ0n) is 22.4. The SMILES string of the molecule is N=c1ccccn1CCOc1ccc(C(=O)NC(CC(=O)OC(=O)C(F)(F)F)c2ccc(-c3ccccc3)c(Cl)c2)cc1. The van der Waals surface area contributed by atoms with E-state index in [0.29, 0.717) is 28.9 Å². The van der Waals surface area contributed by atoms with Crippen molar-refractivity contribution in [3.8, 4) is 16.9 Å². The Balaban J connectivity index is 1.48. The fourth-order valence-corrected chi connectivity index (χ4v) is 4.40. The van der Waals surface area contributed by atoms with Crippen LogP contribution >= 0.6 is 11.6 Å². The van der Waals surface area contributed by atoms with Crippen LogP contribution in [0.15, 0.2) is 97.2 Å². The maximum Gasteiger partial charge on any atom is 0.491 e. The summed E-state index contributed by atoms with van der Waals surface area (Å²) in [5, 5.41) is 10.8. The molecule has 4 rings (SSSR count). The van der Waals surface area contributed by atoms with Crippen LogP contribution in [0.5, 0.6) is 5.75 Å². The van der Waals surface area contributed by atoms with Gasteiger partial charge in [-0.25, -0.2) is 4.79 Å². The molecule has 43 heavy (non-hydrogen) atoms. The number of esters is 2. The number of amides is 1. The first-order valence-electron chi connectivity index (χ1n) is 12.9. The van der Waals surface area contributed by atoms with Crippen molar-refractivity contribution < 1.29 is 37.0 Å². The number of rotatable bonds is 10. The summed E-state index contributed by atoms with van der Waals surface area (Å²) in [7, 11) is 0. The molecule has 0 radical (unpaired) electrons. The zero-order valence-corrected chi connectivity index (χ0v) is 23.2. The summed E-state index contributed by atoms with van der Waals surface area (Å²) < 4.78 is 49.3. The first kappa shape index (κ1) is 31.0. The molecule has 2 N–H and O–H groups in total. The molecule has 1 amide bonds. The summed E-state index contributed by atoms with van der Waals surface area (Å²) in [5.41, 5.74) is 2.28. The molecule has 0 saturated carbocycles. The Labute approximate surface area is 249 Å². The molecule has 1 heterocycles. The van der Waals surface area contributed by atoms with Crippen molar-refractivity contribution in [2.45, 2.75) is 25.2 Å². The van der Waals surface area contributed by atoms with Gasteiger partial charge in [0.1, 0.15) is 17.8 Å². The van der Waals surface area contributed by atoms with E-state index in [1.54, 1.807) is 53.2 Å². The molecule has 1 aromatic heterocycles. The van der Waals surface area contributed by atoms with Crippen LogP contribution in [0.25, 0.3) is 11.1 Å². The van der Waals surface area contributed by atoms with Crippen LogP contribution in [0.2, 0.25) is 5.02 Å². The Morgan fingerprint density at radius 2 is 1.63 bits per heavy atom. The van der Waals surface area contributed by atoms with Gasteiger partial charge in [0, 0.05) is 22.3 Å². The lowest BCUT2D eigenvalue weighted by Gasteiger charge is -2.20. The Morgan fingerprint density at radius 1 is 0.930 bits per heavy atom. The minimum absolute atomic E-state index is 0.176. The van der Waals surface area contributed by atoms with Gasteiger partial charge < -0.3 is 19.4 Å². The van der Waals surface area contributed by atoms with Gasteiger partial charge in [-0.1, -0.05) is 60.1 Å². The molecule has 3 aromatic carbocycles. The summed E-state index contributed by atoms with van der Waals surface area (Å²) in [4.78, 5) is 36.6. The van der Waals surface area contributed by atoms with Gasteiger partial charge in [-0.3, -0.25) is 15.0 Å². The Kier molecular flexibility index (Phi) is 9.99. The Hall–Kier alpha value is -4.90. The van der Waals surface area contributed by atoms with Gasteiger partial charge in [0.2, 0.25) is 0 Å². The van der Waals surface area contributed by atoms with Crippen LogP contribution in [-0.2, 0) is 20.9 Å². The monoisotopic (exact) mass is 611 g/mol. The van der Waals surface area contributed by atoms with Crippen LogP contribution in [0.3, 0.4) is 0 Å². The van der Waals surface area contributed by atoms with Gasteiger partial charge in [0.25, 0.3) is 5.91 Å².